The molecule has 1 amide bonds. The van der Waals surface area contributed by atoms with E-state index in [0.717, 1.165) is 5.56 Å². The minimum atomic E-state index is -0.107. The monoisotopic (exact) mass is 265 g/mol. The molecular formula is C15H23NO3. The summed E-state index contributed by atoms with van der Waals surface area (Å²) in [5.74, 6) is -0.107. The molecule has 1 N–H and O–H groups in total. The van der Waals surface area contributed by atoms with Crippen molar-refractivity contribution in [3.05, 3.63) is 34.9 Å². The molecular weight excluding hydrogens is 242 g/mol. The van der Waals surface area contributed by atoms with Gasteiger partial charge in [0.1, 0.15) is 6.61 Å². The maximum absolute atomic E-state index is 11.7. The molecule has 0 aliphatic heterocycles. The minimum absolute atomic E-state index is 0.0153. The molecule has 0 unspecified atom stereocenters. The molecule has 1 atom stereocenters. The Morgan fingerprint density at radius 1 is 1.32 bits per heavy atom. The van der Waals surface area contributed by atoms with Crippen LogP contribution in [0.15, 0.2) is 18.2 Å². The van der Waals surface area contributed by atoms with Gasteiger partial charge in [-0.25, -0.2) is 0 Å². The van der Waals surface area contributed by atoms with Crippen LogP contribution < -0.4 is 5.32 Å². The highest BCUT2D eigenvalue weighted by Crippen LogP contribution is 2.19. The van der Waals surface area contributed by atoms with E-state index in [0.29, 0.717) is 13.2 Å². The van der Waals surface area contributed by atoms with E-state index in [1.165, 1.54) is 11.1 Å². The fraction of sp³-hybridized carbons (Fsp3) is 0.533. The van der Waals surface area contributed by atoms with E-state index in [-0.39, 0.29) is 18.6 Å². The number of hydrogen-bond acceptors (Lipinski definition) is 3. The van der Waals surface area contributed by atoms with Gasteiger partial charge in [0, 0.05) is 7.11 Å². The predicted molar refractivity (Wildman–Crippen MR) is 75.2 cm³/mol. The first kappa shape index (κ1) is 15.7. The van der Waals surface area contributed by atoms with Crippen LogP contribution in [0.4, 0.5) is 0 Å². The number of amides is 1. The number of ether oxygens (including phenoxy) is 2. The lowest BCUT2D eigenvalue weighted by atomic mass is 9.98. The SMILES string of the molecule is COCCOCC(=O)N[C@@H](C)c1cccc(C)c1C. The molecule has 106 valence electrons. The Labute approximate surface area is 115 Å². The van der Waals surface area contributed by atoms with E-state index in [2.05, 4.69) is 25.2 Å². The quantitative estimate of drug-likeness (QED) is 0.768. The van der Waals surface area contributed by atoms with Crippen LogP contribution in [-0.2, 0) is 14.3 Å². The summed E-state index contributed by atoms with van der Waals surface area (Å²) in [6.45, 7) is 7.12. The van der Waals surface area contributed by atoms with Crippen molar-refractivity contribution >= 4 is 5.91 Å². The van der Waals surface area contributed by atoms with Crippen LogP contribution in [0.25, 0.3) is 0 Å². The zero-order chi connectivity index (χ0) is 14.3. The molecule has 0 aromatic heterocycles. The average molecular weight is 265 g/mol. The number of carbonyl (C=O) groups is 1. The lowest BCUT2D eigenvalue weighted by Gasteiger charge is -2.18. The second-order valence-corrected chi connectivity index (χ2v) is 4.62. The van der Waals surface area contributed by atoms with Crippen LogP contribution in [0.5, 0.6) is 0 Å². The minimum Gasteiger partial charge on any atom is -0.382 e. The Bertz CT molecular complexity index is 418. The van der Waals surface area contributed by atoms with Crippen LogP contribution in [0.3, 0.4) is 0 Å². The van der Waals surface area contributed by atoms with E-state index < -0.39 is 0 Å². The molecule has 4 nitrogen and oxygen atoms in total. The van der Waals surface area contributed by atoms with E-state index in [9.17, 15) is 4.79 Å². The number of aryl methyl sites for hydroxylation is 1. The number of rotatable bonds is 7. The topological polar surface area (TPSA) is 47.6 Å². The Morgan fingerprint density at radius 2 is 2.05 bits per heavy atom. The number of methoxy groups -OCH3 is 1. The van der Waals surface area contributed by atoms with Gasteiger partial charge in [0.2, 0.25) is 5.91 Å². The van der Waals surface area contributed by atoms with Gasteiger partial charge in [0.05, 0.1) is 19.3 Å². The number of hydrogen-bond donors (Lipinski definition) is 1. The molecule has 19 heavy (non-hydrogen) atoms. The summed E-state index contributed by atoms with van der Waals surface area (Å²) in [4.78, 5) is 11.7. The molecule has 1 aromatic rings. The fourth-order valence-electron chi connectivity index (χ4n) is 1.91. The van der Waals surface area contributed by atoms with Gasteiger partial charge in [-0.3, -0.25) is 4.79 Å². The highest BCUT2D eigenvalue weighted by molar-refractivity contribution is 5.77. The van der Waals surface area contributed by atoms with Gasteiger partial charge in [-0.15, -0.1) is 0 Å². The van der Waals surface area contributed by atoms with Crippen LogP contribution in [0, 0.1) is 13.8 Å². The number of nitrogens with one attached hydrogen (secondary N) is 1. The van der Waals surface area contributed by atoms with E-state index in [4.69, 9.17) is 9.47 Å². The molecule has 0 saturated heterocycles. The van der Waals surface area contributed by atoms with Crippen molar-refractivity contribution in [1.82, 2.24) is 5.32 Å². The van der Waals surface area contributed by atoms with E-state index in [1.54, 1.807) is 7.11 Å². The predicted octanol–water partition coefficient (Wildman–Crippen LogP) is 2.14. The number of carbonyl (C=O) groups excluding carboxylic acids is 1. The molecule has 4 heteroatoms. The lowest BCUT2D eigenvalue weighted by molar-refractivity contribution is -0.126. The molecule has 0 heterocycles. The molecule has 0 spiro atoms. The summed E-state index contributed by atoms with van der Waals surface area (Å²) >= 11 is 0. The molecule has 0 bridgehead atoms. The average Bonchev–Trinajstić information content (AvgIpc) is 2.38. The summed E-state index contributed by atoms with van der Waals surface area (Å²) in [5.41, 5.74) is 3.59. The summed E-state index contributed by atoms with van der Waals surface area (Å²) in [7, 11) is 1.60. The Kier molecular flexibility index (Phi) is 6.53. The summed E-state index contributed by atoms with van der Waals surface area (Å²) in [6.07, 6.45) is 0. The van der Waals surface area contributed by atoms with E-state index >= 15 is 0 Å². The van der Waals surface area contributed by atoms with Crippen molar-refractivity contribution in [1.29, 1.82) is 0 Å². The highest BCUT2D eigenvalue weighted by atomic mass is 16.5. The number of benzene rings is 1. The first-order valence-corrected chi connectivity index (χ1v) is 6.48. The Hall–Kier alpha value is -1.39. The van der Waals surface area contributed by atoms with Gasteiger partial charge >= 0.3 is 0 Å². The third-order valence-electron chi connectivity index (χ3n) is 3.16. The van der Waals surface area contributed by atoms with Crippen molar-refractivity contribution in [2.24, 2.45) is 0 Å². The maximum Gasteiger partial charge on any atom is 0.246 e. The molecule has 0 aliphatic carbocycles. The summed E-state index contributed by atoms with van der Waals surface area (Å²) < 4.78 is 10.0. The lowest BCUT2D eigenvalue weighted by Crippen LogP contribution is -2.31. The smallest absolute Gasteiger partial charge is 0.246 e. The van der Waals surface area contributed by atoms with Crippen molar-refractivity contribution < 1.29 is 14.3 Å². The normalized spacial score (nSPS) is 12.2. The standard InChI is InChI=1S/C15H23NO3/c1-11-6-5-7-14(12(11)2)13(3)16-15(17)10-19-9-8-18-4/h5-7,13H,8-10H2,1-4H3,(H,16,17)/t13-/m0/s1. The molecule has 1 aromatic carbocycles. The first-order chi connectivity index (χ1) is 9.06. The molecule has 0 fully saturated rings. The van der Waals surface area contributed by atoms with Gasteiger partial charge in [0.15, 0.2) is 0 Å². The van der Waals surface area contributed by atoms with Crippen molar-refractivity contribution in [2.45, 2.75) is 26.8 Å². The largest absolute Gasteiger partial charge is 0.382 e. The van der Waals surface area contributed by atoms with Gasteiger partial charge in [0.25, 0.3) is 0 Å². The second kappa shape index (κ2) is 7.92. The zero-order valence-electron chi connectivity index (χ0n) is 12.2. The van der Waals surface area contributed by atoms with Crippen LogP contribution >= 0.6 is 0 Å². The van der Waals surface area contributed by atoms with Crippen molar-refractivity contribution in [3.8, 4) is 0 Å². The Morgan fingerprint density at radius 3 is 2.74 bits per heavy atom. The van der Waals surface area contributed by atoms with Crippen molar-refractivity contribution in [2.75, 3.05) is 26.9 Å². The summed E-state index contributed by atoms with van der Waals surface area (Å²) in [5, 5.41) is 2.94. The van der Waals surface area contributed by atoms with Gasteiger partial charge in [-0.05, 0) is 37.5 Å². The van der Waals surface area contributed by atoms with Gasteiger partial charge in [-0.1, -0.05) is 18.2 Å². The van der Waals surface area contributed by atoms with Crippen LogP contribution in [-0.4, -0.2) is 32.8 Å². The Balaban J connectivity index is 2.48. The molecule has 0 radical (unpaired) electrons. The third kappa shape index (κ3) is 5.01. The molecule has 0 aliphatic rings. The van der Waals surface area contributed by atoms with E-state index in [1.807, 2.05) is 19.1 Å². The highest BCUT2D eigenvalue weighted by Gasteiger charge is 2.12. The maximum atomic E-state index is 11.7. The van der Waals surface area contributed by atoms with Gasteiger partial charge < -0.3 is 14.8 Å². The van der Waals surface area contributed by atoms with Gasteiger partial charge in [-0.2, -0.15) is 0 Å². The summed E-state index contributed by atoms with van der Waals surface area (Å²) in [6, 6.07) is 6.11. The zero-order valence-corrected chi connectivity index (χ0v) is 12.2. The van der Waals surface area contributed by atoms with Crippen LogP contribution in [0.2, 0.25) is 0 Å². The molecule has 0 saturated carbocycles. The van der Waals surface area contributed by atoms with Crippen LogP contribution in [0.1, 0.15) is 29.7 Å². The molecule has 1 rings (SSSR count). The third-order valence-corrected chi connectivity index (χ3v) is 3.16. The second-order valence-electron chi connectivity index (χ2n) is 4.62. The van der Waals surface area contributed by atoms with Crippen molar-refractivity contribution in [3.63, 3.8) is 0 Å². The first-order valence-electron chi connectivity index (χ1n) is 6.48. The fourth-order valence-corrected chi connectivity index (χ4v) is 1.91.